The van der Waals surface area contributed by atoms with Crippen LogP contribution in [0.2, 0.25) is 0 Å². The van der Waals surface area contributed by atoms with Crippen molar-refractivity contribution >= 4 is 33.8 Å². The summed E-state index contributed by atoms with van der Waals surface area (Å²) in [7, 11) is 0. The van der Waals surface area contributed by atoms with E-state index in [-0.39, 0.29) is 6.04 Å². The molecule has 2 rings (SSSR count). The minimum atomic E-state index is -1.09. The first-order valence-corrected chi connectivity index (χ1v) is 9.44. The van der Waals surface area contributed by atoms with Gasteiger partial charge in [0.2, 0.25) is 0 Å². The lowest BCUT2D eigenvalue weighted by molar-refractivity contribution is -0.156. The highest BCUT2D eigenvalue weighted by Crippen LogP contribution is 2.24. The van der Waals surface area contributed by atoms with Gasteiger partial charge in [-0.2, -0.15) is 0 Å². The molecular weight excluding hydrogens is 416 g/mol. The summed E-state index contributed by atoms with van der Waals surface area (Å²) in [6.45, 7) is 6.80. The van der Waals surface area contributed by atoms with Crippen molar-refractivity contribution in [3.05, 3.63) is 34.3 Å². The first-order chi connectivity index (χ1) is 12.5. The number of esters is 1. The first-order valence-electron chi connectivity index (χ1n) is 8.65. The molecule has 3 amide bonds. The summed E-state index contributed by atoms with van der Waals surface area (Å²) in [5.74, 6) is -1.23. The molecule has 0 spiro atoms. The summed E-state index contributed by atoms with van der Waals surface area (Å²) < 4.78 is 6.16. The normalized spacial score (nSPS) is 20.6. The van der Waals surface area contributed by atoms with Gasteiger partial charge < -0.3 is 10.1 Å². The number of hydrogen-bond acceptors (Lipinski definition) is 6. The molecule has 3 unspecified atom stereocenters. The zero-order chi connectivity index (χ0) is 20.2. The van der Waals surface area contributed by atoms with Crippen molar-refractivity contribution in [1.29, 1.82) is 0 Å². The summed E-state index contributed by atoms with van der Waals surface area (Å²) in [5, 5.41) is 4.77. The predicted molar refractivity (Wildman–Crippen MR) is 104 cm³/mol. The van der Waals surface area contributed by atoms with Crippen LogP contribution < -0.4 is 21.5 Å². The van der Waals surface area contributed by atoms with E-state index in [4.69, 9.17) is 4.74 Å². The number of nitrogens with one attached hydrogen (secondary N) is 4. The van der Waals surface area contributed by atoms with Gasteiger partial charge >= 0.3 is 12.0 Å². The van der Waals surface area contributed by atoms with Gasteiger partial charge in [-0.15, -0.1) is 0 Å². The molecule has 9 heteroatoms. The molecule has 8 nitrogen and oxygen atoms in total. The number of halogens is 1. The number of carbonyl (C=O) groups excluding carboxylic acids is 3. The van der Waals surface area contributed by atoms with Crippen LogP contribution in [0.15, 0.2) is 28.7 Å². The molecule has 4 N–H and O–H groups in total. The van der Waals surface area contributed by atoms with Gasteiger partial charge in [0.05, 0.1) is 0 Å². The molecule has 0 aromatic heterocycles. The van der Waals surface area contributed by atoms with Crippen molar-refractivity contribution in [3.8, 4) is 0 Å². The third-order valence-corrected chi connectivity index (χ3v) is 4.38. The van der Waals surface area contributed by atoms with E-state index < -0.39 is 35.6 Å². The fourth-order valence-electron chi connectivity index (χ4n) is 2.52. The number of ether oxygens (including phenoxy) is 1. The van der Waals surface area contributed by atoms with Crippen molar-refractivity contribution < 1.29 is 19.1 Å². The Kier molecular flexibility index (Phi) is 6.96. The maximum absolute atomic E-state index is 12.3. The van der Waals surface area contributed by atoms with E-state index >= 15 is 0 Å². The Bertz CT molecular complexity index is 702. The molecule has 1 fully saturated rings. The van der Waals surface area contributed by atoms with Gasteiger partial charge in [-0.25, -0.2) is 15.6 Å². The molecule has 0 bridgehead atoms. The van der Waals surface area contributed by atoms with Crippen LogP contribution in [0.4, 0.5) is 4.79 Å². The average Bonchev–Trinajstić information content (AvgIpc) is 3.03. The van der Waals surface area contributed by atoms with E-state index in [0.29, 0.717) is 6.42 Å². The number of amides is 3. The SMILES string of the molecule is CC(OC(=O)C1CC(c2ccc(Br)cc2)NN1)C(=O)NC(=O)NC(C)(C)C. The number of hydrazine groups is 1. The minimum Gasteiger partial charge on any atom is -0.451 e. The van der Waals surface area contributed by atoms with Crippen molar-refractivity contribution in [1.82, 2.24) is 21.5 Å². The maximum atomic E-state index is 12.3. The molecule has 148 valence electrons. The molecule has 1 aromatic rings. The summed E-state index contributed by atoms with van der Waals surface area (Å²) in [5.41, 5.74) is 6.49. The molecule has 1 aliphatic heterocycles. The molecular formula is C18H25BrN4O4. The lowest BCUT2D eigenvalue weighted by atomic mass is 10.0. The Morgan fingerprint density at radius 1 is 1.19 bits per heavy atom. The van der Waals surface area contributed by atoms with Crippen molar-refractivity contribution in [2.75, 3.05) is 0 Å². The topological polar surface area (TPSA) is 109 Å². The maximum Gasteiger partial charge on any atom is 0.325 e. The van der Waals surface area contributed by atoms with Gasteiger partial charge in [-0.05, 0) is 51.8 Å². The Morgan fingerprint density at radius 2 is 1.81 bits per heavy atom. The van der Waals surface area contributed by atoms with Crippen LogP contribution >= 0.6 is 15.9 Å². The van der Waals surface area contributed by atoms with Crippen LogP contribution in [-0.2, 0) is 14.3 Å². The quantitative estimate of drug-likeness (QED) is 0.532. The molecule has 0 aliphatic carbocycles. The minimum absolute atomic E-state index is 0.0441. The van der Waals surface area contributed by atoms with E-state index in [1.807, 2.05) is 24.3 Å². The summed E-state index contributed by atoms with van der Waals surface area (Å²) >= 11 is 3.39. The van der Waals surface area contributed by atoms with Crippen LogP contribution in [-0.4, -0.2) is 35.6 Å². The second-order valence-corrected chi connectivity index (χ2v) is 8.37. The number of carbonyl (C=O) groups is 3. The Labute approximate surface area is 166 Å². The highest BCUT2D eigenvalue weighted by atomic mass is 79.9. The number of benzene rings is 1. The molecule has 1 heterocycles. The van der Waals surface area contributed by atoms with E-state index in [1.54, 1.807) is 20.8 Å². The Balaban J connectivity index is 1.83. The smallest absolute Gasteiger partial charge is 0.325 e. The van der Waals surface area contributed by atoms with Gasteiger partial charge in [0.15, 0.2) is 6.10 Å². The zero-order valence-electron chi connectivity index (χ0n) is 15.8. The zero-order valence-corrected chi connectivity index (χ0v) is 17.3. The van der Waals surface area contributed by atoms with Crippen LogP contribution in [0.25, 0.3) is 0 Å². The van der Waals surface area contributed by atoms with Gasteiger partial charge in [0, 0.05) is 16.1 Å². The second-order valence-electron chi connectivity index (χ2n) is 7.45. The Morgan fingerprint density at radius 3 is 2.41 bits per heavy atom. The summed E-state index contributed by atoms with van der Waals surface area (Å²) in [6, 6.07) is 6.51. The monoisotopic (exact) mass is 440 g/mol. The number of rotatable bonds is 4. The highest BCUT2D eigenvalue weighted by molar-refractivity contribution is 9.10. The van der Waals surface area contributed by atoms with Crippen LogP contribution in [0.5, 0.6) is 0 Å². The lowest BCUT2D eigenvalue weighted by Gasteiger charge is -2.21. The standard InChI is InChI=1S/C18H25BrN4O4/c1-10(15(24)20-17(26)21-18(2,3)4)27-16(25)14-9-13(22-23-14)11-5-7-12(19)8-6-11/h5-8,10,13-14,22-23H,9H2,1-4H3,(H2,20,21,24,26). The largest absolute Gasteiger partial charge is 0.451 e. The number of imide groups is 1. The summed E-state index contributed by atoms with van der Waals surface area (Å²) in [4.78, 5) is 36.0. The van der Waals surface area contributed by atoms with E-state index in [1.165, 1.54) is 6.92 Å². The van der Waals surface area contributed by atoms with E-state index in [2.05, 4.69) is 37.4 Å². The number of urea groups is 1. The van der Waals surface area contributed by atoms with Crippen molar-refractivity contribution in [2.45, 2.75) is 57.8 Å². The van der Waals surface area contributed by atoms with Crippen LogP contribution in [0, 0.1) is 0 Å². The lowest BCUT2D eigenvalue weighted by Crippen LogP contribution is -2.51. The van der Waals surface area contributed by atoms with Crippen molar-refractivity contribution in [2.24, 2.45) is 0 Å². The van der Waals surface area contributed by atoms with Gasteiger partial charge in [0.25, 0.3) is 5.91 Å². The molecule has 1 saturated heterocycles. The molecule has 1 aliphatic rings. The third kappa shape index (κ3) is 6.60. The fraction of sp³-hybridized carbons (Fsp3) is 0.500. The Hall–Kier alpha value is -1.97. The van der Waals surface area contributed by atoms with Crippen LogP contribution in [0.1, 0.15) is 45.7 Å². The first kappa shape index (κ1) is 21.3. The van der Waals surface area contributed by atoms with Crippen molar-refractivity contribution in [3.63, 3.8) is 0 Å². The molecule has 0 radical (unpaired) electrons. The van der Waals surface area contributed by atoms with E-state index in [9.17, 15) is 14.4 Å². The molecule has 27 heavy (non-hydrogen) atoms. The predicted octanol–water partition coefficient (Wildman–Crippen LogP) is 1.91. The molecule has 1 aromatic carbocycles. The second kappa shape index (κ2) is 8.81. The summed E-state index contributed by atoms with van der Waals surface area (Å²) in [6.07, 6.45) is -0.601. The fourth-order valence-corrected chi connectivity index (χ4v) is 2.78. The molecule has 3 atom stereocenters. The average molecular weight is 441 g/mol. The van der Waals surface area contributed by atoms with Gasteiger partial charge in [0.1, 0.15) is 6.04 Å². The van der Waals surface area contributed by atoms with Crippen LogP contribution in [0.3, 0.4) is 0 Å². The molecule has 0 saturated carbocycles. The van der Waals surface area contributed by atoms with Gasteiger partial charge in [-0.1, -0.05) is 28.1 Å². The van der Waals surface area contributed by atoms with E-state index in [0.717, 1.165) is 10.0 Å². The highest BCUT2D eigenvalue weighted by Gasteiger charge is 2.33. The van der Waals surface area contributed by atoms with Gasteiger partial charge in [-0.3, -0.25) is 14.9 Å². The third-order valence-electron chi connectivity index (χ3n) is 3.85. The number of hydrogen-bond donors (Lipinski definition) is 4.